The zero-order valence-corrected chi connectivity index (χ0v) is 5.90. The van der Waals surface area contributed by atoms with Crippen LogP contribution in [0.15, 0.2) is 12.8 Å². The van der Waals surface area contributed by atoms with Gasteiger partial charge < -0.3 is 5.32 Å². The minimum Gasteiger partial charge on any atom is -0.391 e. The van der Waals surface area contributed by atoms with E-state index in [1.807, 2.05) is 0 Å². The molecule has 0 radical (unpaired) electrons. The Morgan fingerprint density at radius 1 is 1.44 bits per heavy atom. The lowest BCUT2D eigenvalue weighted by Crippen LogP contribution is -2.14. The third-order valence-corrected chi connectivity index (χ3v) is 2.03. The molecule has 0 aromatic heterocycles. The van der Waals surface area contributed by atoms with Crippen molar-refractivity contribution in [3.63, 3.8) is 0 Å². The highest BCUT2D eigenvalue weighted by atomic mass is 14.8. The van der Waals surface area contributed by atoms with Gasteiger partial charge in [-0.05, 0) is 25.0 Å². The molecule has 0 amide bonds. The first-order chi connectivity index (χ1) is 4.43. The van der Waals surface area contributed by atoms with Crippen molar-refractivity contribution < 1.29 is 0 Å². The topological polar surface area (TPSA) is 12.0 Å². The molecule has 0 saturated heterocycles. The van der Waals surface area contributed by atoms with Crippen LogP contribution in [0.25, 0.3) is 0 Å². The predicted octanol–water partition coefficient (Wildman–Crippen LogP) is 1.91. The average Bonchev–Trinajstić information content (AvgIpc) is 2.34. The second-order valence-corrected chi connectivity index (χ2v) is 2.76. The van der Waals surface area contributed by atoms with Crippen molar-refractivity contribution in [3.05, 3.63) is 12.8 Å². The number of hydrogen-bond acceptors (Lipinski definition) is 1. The largest absolute Gasteiger partial charge is 0.391 e. The molecule has 0 heterocycles. The number of rotatable bonds is 3. The molecule has 0 unspecified atom stereocenters. The summed E-state index contributed by atoms with van der Waals surface area (Å²) in [5.74, 6) is 0.933. The first kappa shape index (κ1) is 6.66. The van der Waals surface area contributed by atoms with Gasteiger partial charge in [0.25, 0.3) is 0 Å². The van der Waals surface area contributed by atoms with Crippen molar-refractivity contribution in [2.75, 3.05) is 6.54 Å². The summed E-state index contributed by atoms with van der Waals surface area (Å²) in [6.45, 7) is 4.75. The normalized spacial score (nSPS) is 20.0. The van der Waals surface area contributed by atoms with Crippen LogP contribution in [0, 0.1) is 5.92 Å². The minimum absolute atomic E-state index is 0.933. The maximum absolute atomic E-state index is 3.61. The Kier molecular flexibility index (Phi) is 2.62. The van der Waals surface area contributed by atoms with Crippen LogP contribution in [0.5, 0.6) is 0 Å². The number of hydrogen-bond donors (Lipinski definition) is 1. The molecule has 0 aromatic carbocycles. The quantitative estimate of drug-likeness (QED) is 0.607. The second kappa shape index (κ2) is 3.54. The van der Waals surface area contributed by atoms with E-state index >= 15 is 0 Å². The molecular formula is C8H15N. The molecule has 0 aromatic rings. The fraction of sp³-hybridized carbons (Fsp3) is 0.750. The smallest absolute Gasteiger partial charge is 0.0169 e. The fourth-order valence-electron chi connectivity index (χ4n) is 1.46. The van der Waals surface area contributed by atoms with Gasteiger partial charge in [0.1, 0.15) is 0 Å². The third-order valence-electron chi connectivity index (χ3n) is 2.03. The number of nitrogens with one attached hydrogen (secondary N) is 1. The van der Waals surface area contributed by atoms with Crippen LogP contribution >= 0.6 is 0 Å². The van der Waals surface area contributed by atoms with E-state index in [1.54, 1.807) is 6.20 Å². The lowest BCUT2D eigenvalue weighted by molar-refractivity contribution is 0.527. The van der Waals surface area contributed by atoms with Gasteiger partial charge in [0.05, 0.1) is 0 Å². The van der Waals surface area contributed by atoms with E-state index < -0.39 is 0 Å². The van der Waals surface area contributed by atoms with E-state index in [0.717, 1.165) is 12.5 Å². The van der Waals surface area contributed by atoms with Crippen molar-refractivity contribution in [2.45, 2.75) is 25.7 Å². The molecule has 0 aliphatic heterocycles. The van der Waals surface area contributed by atoms with Crippen molar-refractivity contribution in [2.24, 2.45) is 5.92 Å². The fourth-order valence-corrected chi connectivity index (χ4v) is 1.46. The standard InChI is InChI=1S/C8H15N/c1-2-9-7-8-5-3-4-6-8/h2,8-9H,1,3-7H2. The van der Waals surface area contributed by atoms with E-state index in [-0.39, 0.29) is 0 Å². The van der Waals surface area contributed by atoms with E-state index in [2.05, 4.69) is 11.9 Å². The van der Waals surface area contributed by atoms with Crippen LogP contribution in [0.1, 0.15) is 25.7 Å². The molecule has 1 rings (SSSR count). The Labute approximate surface area is 57.1 Å². The summed E-state index contributed by atoms with van der Waals surface area (Å²) >= 11 is 0. The first-order valence-corrected chi connectivity index (χ1v) is 3.78. The lowest BCUT2D eigenvalue weighted by Gasteiger charge is -2.06. The van der Waals surface area contributed by atoms with E-state index in [0.29, 0.717) is 0 Å². The Bertz CT molecular complexity index is 82.6. The molecule has 1 fully saturated rings. The summed E-state index contributed by atoms with van der Waals surface area (Å²) in [6.07, 6.45) is 7.49. The molecule has 52 valence electrons. The summed E-state index contributed by atoms with van der Waals surface area (Å²) in [5, 5.41) is 3.15. The van der Waals surface area contributed by atoms with Gasteiger partial charge in [0.2, 0.25) is 0 Å². The van der Waals surface area contributed by atoms with Crippen molar-refractivity contribution in [3.8, 4) is 0 Å². The summed E-state index contributed by atoms with van der Waals surface area (Å²) in [4.78, 5) is 0. The van der Waals surface area contributed by atoms with Gasteiger partial charge in [-0.15, -0.1) is 0 Å². The average molecular weight is 125 g/mol. The SMILES string of the molecule is C=CNCC1CCCC1. The predicted molar refractivity (Wildman–Crippen MR) is 40.2 cm³/mol. The van der Waals surface area contributed by atoms with Crippen LogP contribution in [0.3, 0.4) is 0 Å². The molecule has 1 aliphatic rings. The molecular weight excluding hydrogens is 110 g/mol. The first-order valence-electron chi connectivity index (χ1n) is 3.78. The molecule has 9 heavy (non-hydrogen) atoms. The van der Waals surface area contributed by atoms with Gasteiger partial charge in [-0.1, -0.05) is 19.4 Å². The molecule has 1 aliphatic carbocycles. The molecule has 1 heteroatoms. The summed E-state index contributed by atoms with van der Waals surface area (Å²) in [6, 6.07) is 0. The minimum atomic E-state index is 0.933. The Morgan fingerprint density at radius 2 is 2.11 bits per heavy atom. The molecule has 1 N–H and O–H groups in total. The van der Waals surface area contributed by atoms with Gasteiger partial charge in [-0.3, -0.25) is 0 Å². The van der Waals surface area contributed by atoms with Gasteiger partial charge >= 0.3 is 0 Å². The molecule has 1 saturated carbocycles. The van der Waals surface area contributed by atoms with Gasteiger partial charge in [-0.2, -0.15) is 0 Å². The van der Waals surface area contributed by atoms with Crippen molar-refractivity contribution in [1.29, 1.82) is 0 Å². The third kappa shape index (κ3) is 2.08. The van der Waals surface area contributed by atoms with E-state index in [4.69, 9.17) is 0 Å². The monoisotopic (exact) mass is 125 g/mol. The van der Waals surface area contributed by atoms with Crippen molar-refractivity contribution >= 4 is 0 Å². The summed E-state index contributed by atoms with van der Waals surface area (Å²) in [5.41, 5.74) is 0. The molecule has 1 nitrogen and oxygen atoms in total. The summed E-state index contributed by atoms with van der Waals surface area (Å²) < 4.78 is 0. The summed E-state index contributed by atoms with van der Waals surface area (Å²) in [7, 11) is 0. The van der Waals surface area contributed by atoms with Crippen LogP contribution in [-0.2, 0) is 0 Å². The highest BCUT2D eigenvalue weighted by molar-refractivity contribution is 4.72. The van der Waals surface area contributed by atoms with Gasteiger partial charge in [0, 0.05) is 6.54 Å². The molecule has 0 bridgehead atoms. The van der Waals surface area contributed by atoms with Crippen molar-refractivity contribution in [1.82, 2.24) is 5.32 Å². The zero-order chi connectivity index (χ0) is 6.53. The van der Waals surface area contributed by atoms with Crippen LogP contribution in [0.2, 0.25) is 0 Å². The lowest BCUT2D eigenvalue weighted by atomic mass is 10.1. The van der Waals surface area contributed by atoms with Gasteiger partial charge in [0.15, 0.2) is 0 Å². The molecule has 0 spiro atoms. The Hall–Kier alpha value is -0.460. The zero-order valence-electron chi connectivity index (χ0n) is 5.90. The highest BCUT2D eigenvalue weighted by Gasteiger charge is 2.12. The van der Waals surface area contributed by atoms with E-state index in [1.165, 1.54) is 25.7 Å². The van der Waals surface area contributed by atoms with Crippen LogP contribution < -0.4 is 5.32 Å². The highest BCUT2D eigenvalue weighted by Crippen LogP contribution is 2.23. The Morgan fingerprint density at radius 3 is 2.67 bits per heavy atom. The maximum Gasteiger partial charge on any atom is 0.0169 e. The van der Waals surface area contributed by atoms with Gasteiger partial charge in [-0.25, -0.2) is 0 Å². The Balaban J connectivity index is 2.04. The van der Waals surface area contributed by atoms with Crippen LogP contribution in [-0.4, -0.2) is 6.54 Å². The molecule has 0 atom stereocenters. The van der Waals surface area contributed by atoms with E-state index in [9.17, 15) is 0 Å². The maximum atomic E-state index is 3.61. The van der Waals surface area contributed by atoms with Crippen LogP contribution in [0.4, 0.5) is 0 Å². The second-order valence-electron chi connectivity index (χ2n) is 2.76.